The predicted molar refractivity (Wildman–Crippen MR) is 130 cm³/mol. The van der Waals surface area contributed by atoms with Crippen molar-refractivity contribution in [1.82, 2.24) is 4.57 Å². The fraction of sp³-hybridized carbons (Fsp3) is 0.231. The van der Waals surface area contributed by atoms with Crippen LogP contribution in [-0.2, 0) is 6.54 Å². The first-order valence-electron chi connectivity index (χ1n) is 10.9. The number of aliphatic hydroxyl groups excluding tert-OH is 1. The molecule has 0 aliphatic rings. The van der Waals surface area contributed by atoms with Crippen LogP contribution in [0, 0.1) is 5.82 Å². The van der Waals surface area contributed by atoms with Crippen molar-refractivity contribution in [2.45, 2.75) is 32.4 Å². The number of carbonyl (C=O) groups is 2. The number of rotatable bonds is 9. The molecular weight excluding hydrogens is 459 g/mol. The van der Waals surface area contributed by atoms with Crippen molar-refractivity contribution in [3.05, 3.63) is 76.7 Å². The van der Waals surface area contributed by atoms with E-state index in [4.69, 9.17) is 22.1 Å². The lowest BCUT2D eigenvalue weighted by Crippen LogP contribution is -2.16. The lowest BCUT2D eigenvalue weighted by Gasteiger charge is -2.11. The second-order valence-corrected chi connectivity index (χ2v) is 8.60. The normalized spacial score (nSPS) is 12.2. The molecule has 0 fully saturated rings. The number of ketones is 1. The molecule has 0 unspecified atom stereocenters. The Hall–Kier alpha value is -3.42. The number of ether oxygens (including phenoxy) is 1. The van der Waals surface area contributed by atoms with Crippen molar-refractivity contribution in [1.29, 1.82) is 0 Å². The maximum absolute atomic E-state index is 13.9. The number of aryl methyl sites for hydroxylation is 1. The number of nitrogens with two attached hydrogens (primary N) is 1. The van der Waals surface area contributed by atoms with E-state index >= 15 is 0 Å². The lowest BCUT2D eigenvalue weighted by atomic mass is 10.1. The van der Waals surface area contributed by atoms with Crippen LogP contribution in [0.1, 0.15) is 40.5 Å². The Bertz CT molecular complexity index is 1400. The molecule has 1 aromatic heterocycles. The fourth-order valence-corrected chi connectivity index (χ4v) is 4.13. The van der Waals surface area contributed by atoms with E-state index in [0.717, 1.165) is 10.8 Å². The first kappa shape index (κ1) is 23.7. The number of aliphatic hydroxyl groups is 1. The molecule has 0 aliphatic carbocycles. The minimum absolute atomic E-state index is 0.139. The van der Waals surface area contributed by atoms with E-state index in [1.807, 2.05) is 6.92 Å². The molecule has 3 aromatic carbocycles. The fourth-order valence-electron chi connectivity index (χ4n) is 3.95. The Balaban J connectivity index is 1.62. The van der Waals surface area contributed by atoms with E-state index in [1.165, 1.54) is 12.1 Å². The highest BCUT2D eigenvalue weighted by Gasteiger charge is 2.19. The van der Waals surface area contributed by atoms with E-state index in [1.54, 1.807) is 47.2 Å². The van der Waals surface area contributed by atoms with Gasteiger partial charge in [-0.3, -0.25) is 9.59 Å². The van der Waals surface area contributed by atoms with Crippen LogP contribution in [0.25, 0.3) is 21.7 Å². The van der Waals surface area contributed by atoms with Crippen LogP contribution < -0.4 is 10.5 Å². The second-order valence-electron chi connectivity index (χ2n) is 8.16. The molecule has 3 N–H and O–H groups in total. The summed E-state index contributed by atoms with van der Waals surface area (Å²) in [6.45, 7) is 1.97. The molecule has 8 heteroatoms. The molecule has 0 radical (unpaired) electrons. The molecule has 0 saturated carbocycles. The molecule has 34 heavy (non-hydrogen) atoms. The van der Waals surface area contributed by atoms with Crippen molar-refractivity contribution >= 4 is 45.0 Å². The molecule has 0 aliphatic heterocycles. The van der Waals surface area contributed by atoms with Gasteiger partial charge in [-0.15, -0.1) is 0 Å². The van der Waals surface area contributed by atoms with Crippen molar-refractivity contribution in [2.24, 2.45) is 5.73 Å². The van der Waals surface area contributed by atoms with Gasteiger partial charge in [0.2, 0.25) is 5.78 Å². The molecule has 0 bridgehead atoms. The number of benzene rings is 3. The van der Waals surface area contributed by atoms with E-state index in [9.17, 15) is 19.1 Å². The zero-order valence-electron chi connectivity index (χ0n) is 18.6. The number of primary amides is 1. The Morgan fingerprint density at radius 2 is 1.91 bits per heavy atom. The molecule has 1 amide bonds. The van der Waals surface area contributed by atoms with Crippen molar-refractivity contribution in [3.63, 3.8) is 0 Å². The van der Waals surface area contributed by atoms with Gasteiger partial charge >= 0.3 is 0 Å². The molecule has 4 rings (SSSR count). The van der Waals surface area contributed by atoms with Gasteiger partial charge in [0, 0.05) is 28.7 Å². The first-order valence-corrected chi connectivity index (χ1v) is 11.3. The molecule has 176 valence electrons. The van der Waals surface area contributed by atoms with Gasteiger partial charge < -0.3 is 20.1 Å². The highest BCUT2D eigenvalue weighted by Crippen LogP contribution is 2.29. The summed E-state index contributed by atoms with van der Waals surface area (Å²) < 4.78 is 21.4. The number of fused-ring (bicyclic) bond motifs is 2. The Kier molecular flexibility index (Phi) is 6.86. The summed E-state index contributed by atoms with van der Waals surface area (Å²) in [5.41, 5.74) is 6.60. The van der Waals surface area contributed by atoms with Gasteiger partial charge in [-0.2, -0.15) is 0 Å². The summed E-state index contributed by atoms with van der Waals surface area (Å²) in [6, 6.07) is 12.6. The van der Waals surface area contributed by atoms with E-state index in [0.29, 0.717) is 40.9 Å². The molecule has 0 spiro atoms. The minimum Gasteiger partial charge on any atom is -0.485 e. The van der Waals surface area contributed by atoms with Gasteiger partial charge in [0.05, 0.1) is 17.2 Å². The first-order chi connectivity index (χ1) is 16.3. The Labute approximate surface area is 200 Å². The molecule has 1 atom stereocenters. The monoisotopic (exact) mass is 482 g/mol. The summed E-state index contributed by atoms with van der Waals surface area (Å²) in [5.74, 6) is -1.25. The van der Waals surface area contributed by atoms with Crippen LogP contribution in [0.4, 0.5) is 4.39 Å². The average molecular weight is 483 g/mol. The third kappa shape index (κ3) is 4.90. The summed E-state index contributed by atoms with van der Waals surface area (Å²) in [5, 5.41) is 12.5. The van der Waals surface area contributed by atoms with Crippen molar-refractivity contribution in [3.8, 4) is 5.75 Å². The lowest BCUT2D eigenvalue weighted by molar-refractivity contribution is 0.0913. The second kappa shape index (κ2) is 9.83. The summed E-state index contributed by atoms with van der Waals surface area (Å²) in [6.07, 6.45) is 2.25. The minimum atomic E-state index is -0.689. The number of aromatic nitrogens is 1. The highest BCUT2D eigenvalue weighted by atomic mass is 35.5. The predicted octanol–water partition coefficient (Wildman–Crippen LogP) is 5.11. The van der Waals surface area contributed by atoms with Gasteiger partial charge in [-0.05, 0) is 66.1 Å². The standard InChI is InChI=1S/C26H24ClFN2O4/c1-2-19(31)7-8-30-13-22(20-6-5-18(28)12-23(20)30)24(32)14-34-25-11-15-3-4-17(27)9-16(15)10-21(25)26(29)33/h3-6,9-13,19,31H,2,7-8,14H2,1H3,(H2,29,33)/t19-/m0/s1. The van der Waals surface area contributed by atoms with Gasteiger partial charge in [0.1, 0.15) is 11.6 Å². The molecule has 1 heterocycles. The quantitative estimate of drug-likeness (QED) is 0.324. The number of hydrogen-bond acceptors (Lipinski definition) is 4. The van der Waals surface area contributed by atoms with Crippen LogP contribution >= 0.6 is 11.6 Å². The summed E-state index contributed by atoms with van der Waals surface area (Å²) >= 11 is 6.04. The van der Waals surface area contributed by atoms with Crippen LogP contribution in [0.5, 0.6) is 5.75 Å². The van der Waals surface area contributed by atoms with Crippen LogP contribution in [0.3, 0.4) is 0 Å². The SMILES string of the molecule is CC[C@H](O)CCn1cc(C(=O)COc2cc3ccc(Cl)cc3cc2C(N)=O)c2ccc(F)cc21. The molecule has 6 nitrogen and oxygen atoms in total. The van der Waals surface area contributed by atoms with Crippen LogP contribution in [0.2, 0.25) is 5.02 Å². The zero-order chi connectivity index (χ0) is 24.4. The van der Waals surface area contributed by atoms with E-state index < -0.39 is 17.8 Å². The highest BCUT2D eigenvalue weighted by molar-refractivity contribution is 6.31. The summed E-state index contributed by atoms with van der Waals surface area (Å²) in [7, 11) is 0. The maximum Gasteiger partial charge on any atom is 0.252 e. The van der Waals surface area contributed by atoms with Crippen molar-refractivity contribution < 1.29 is 23.8 Å². The number of carbonyl (C=O) groups excluding carboxylic acids is 2. The Morgan fingerprint density at radius 1 is 1.12 bits per heavy atom. The smallest absolute Gasteiger partial charge is 0.252 e. The van der Waals surface area contributed by atoms with Crippen LogP contribution in [0.15, 0.2) is 54.7 Å². The van der Waals surface area contributed by atoms with Gasteiger partial charge in [-0.25, -0.2) is 4.39 Å². The molecule has 4 aromatic rings. The number of halogens is 2. The number of amides is 1. The number of Topliss-reactive ketones (excluding diaryl/α,β-unsaturated/α-hetero) is 1. The van der Waals surface area contributed by atoms with E-state index in [-0.39, 0.29) is 23.7 Å². The van der Waals surface area contributed by atoms with Crippen molar-refractivity contribution in [2.75, 3.05) is 6.61 Å². The number of nitrogens with zero attached hydrogens (tertiary/aromatic N) is 1. The van der Waals surface area contributed by atoms with E-state index in [2.05, 4.69) is 0 Å². The largest absolute Gasteiger partial charge is 0.485 e. The number of hydrogen-bond donors (Lipinski definition) is 2. The van der Waals surface area contributed by atoms with Gasteiger partial charge in [0.15, 0.2) is 6.61 Å². The maximum atomic E-state index is 13.9. The summed E-state index contributed by atoms with van der Waals surface area (Å²) in [4.78, 5) is 25.1. The average Bonchev–Trinajstić information content (AvgIpc) is 3.17. The third-order valence-corrected chi connectivity index (χ3v) is 6.08. The topological polar surface area (TPSA) is 94.6 Å². The van der Waals surface area contributed by atoms with Gasteiger partial charge in [-0.1, -0.05) is 24.6 Å². The zero-order valence-corrected chi connectivity index (χ0v) is 19.3. The Morgan fingerprint density at radius 3 is 2.65 bits per heavy atom. The van der Waals surface area contributed by atoms with Gasteiger partial charge in [0.25, 0.3) is 5.91 Å². The molecule has 0 saturated heterocycles. The third-order valence-electron chi connectivity index (χ3n) is 5.84. The van der Waals surface area contributed by atoms with Crippen LogP contribution in [-0.4, -0.2) is 34.1 Å². The molecular formula is C26H24ClFN2O4.